The Morgan fingerprint density at radius 2 is 2.19 bits per heavy atom. The first-order valence-corrected chi connectivity index (χ1v) is 7.15. The van der Waals surface area contributed by atoms with Gasteiger partial charge in [-0.1, -0.05) is 13.8 Å². The van der Waals surface area contributed by atoms with Gasteiger partial charge < -0.3 is 20.2 Å². The van der Waals surface area contributed by atoms with Gasteiger partial charge in [0, 0.05) is 6.42 Å². The molecule has 114 valence electrons. The molecule has 0 radical (unpaired) electrons. The number of ether oxygens (including phenoxy) is 1. The van der Waals surface area contributed by atoms with Crippen LogP contribution < -0.4 is 15.8 Å². The zero-order valence-corrected chi connectivity index (χ0v) is 12.7. The number of nitrogens with two attached hydrogens (primary N) is 1. The van der Waals surface area contributed by atoms with Gasteiger partial charge in [-0.3, -0.25) is 0 Å². The minimum Gasteiger partial charge on any atom is -0.476 e. The predicted octanol–water partition coefficient (Wildman–Crippen LogP) is 2.86. The maximum Gasteiger partial charge on any atom is 0.242 e. The minimum absolute atomic E-state index is 0.427. The molecule has 2 rings (SSSR count). The van der Waals surface area contributed by atoms with Gasteiger partial charge in [-0.05, 0) is 25.0 Å². The van der Waals surface area contributed by atoms with Crippen molar-refractivity contribution in [3.63, 3.8) is 0 Å². The third-order valence-corrected chi connectivity index (χ3v) is 2.84. The van der Waals surface area contributed by atoms with E-state index in [1.165, 1.54) is 0 Å². The summed E-state index contributed by atoms with van der Waals surface area (Å²) < 4.78 is 10.8. The number of anilines is 2. The summed E-state index contributed by atoms with van der Waals surface area (Å²) in [5.74, 6) is 3.02. The van der Waals surface area contributed by atoms with Crippen molar-refractivity contribution in [3.05, 3.63) is 30.0 Å². The van der Waals surface area contributed by atoms with E-state index in [9.17, 15) is 0 Å². The second kappa shape index (κ2) is 6.97. The molecule has 0 atom stereocenters. The van der Waals surface area contributed by atoms with Crippen molar-refractivity contribution < 1.29 is 9.15 Å². The molecule has 2 aromatic rings. The monoisotopic (exact) mass is 290 g/mol. The average Bonchev–Trinajstić information content (AvgIpc) is 2.93. The van der Waals surface area contributed by atoms with Gasteiger partial charge in [0.2, 0.25) is 5.88 Å². The number of nitrogens with one attached hydrogen (secondary N) is 1. The van der Waals surface area contributed by atoms with Crippen molar-refractivity contribution in [2.45, 2.75) is 33.7 Å². The lowest BCUT2D eigenvalue weighted by molar-refractivity contribution is 0.326. The standard InChI is InChI=1S/C15H22N4O2/c1-4-20-15-13(16)14(17-9-11-6-5-7-21-11)18-12(19-15)8-10(2)3/h5-7,10H,4,8-9,16H2,1-3H3,(H,17,18,19). The molecule has 0 amide bonds. The Kier molecular flexibility index (Phi) is 5.03. The number of nitrogen functional groups attached to an aromatic ring is 1. The molecule has 0 spiro atoms. The fraction of sp³-hybridized carbons (Fsp3) is 0.467. The van der Waals surface area contributed by atoms with Crippen LogP contribution in [0.3, 0.4) is 0 Å². The Hall–Kier alpha value is -2.24. The second-order valence-electron chi connectivity index (χ2n) is 5.17. The maximum atomic E-state index is 6.07. The van der Waals surface area contributed by atoms with E-state index >= 15 is 0 Å². The van der Waals surface area contributed by atoms with Gasteiger partial charge in [-0.15, -0.1) is 0 Å². The van der Waals surface area contributed by atoms with E-state index in [0.717, 1.165) is 18.0 Å². The van der Waals surface area contributed by atoms with Crippen LogP contribution in [0.2, 0.25) is 0 Å². The van der Waals surface area contributed by atoms with Crippen LogP contribution >= 0.6 is 0 Å². The van der Waals surface area contributed by atoms with E-state index in [-0.39, 0.29) is 0 Å². The van der Waals surface area contributed by atoms with E-state index in [2.05, 4.69) is 29.1 Å². The van der Waals surface area contributed by atoms with Crippen LogP contribution in [0.5, 0.6) is 5.88 Å². The average molecular weight is 290 g/mol. The normalized spacial score (nSPS) is 10.9. The molecule has 0 fully saturated rings. The Balaban J connectivity index is 2.22. The zero-order valence-electron chi connectivity index (χ0n) is 12.7. The number of hydrogen-bond acceptors (Lipinski definition) is 6. The molecule has 0 saturated carbocycles. The minimum atomic E-state index is 0.427. The molecule has 6 nitrogen and oxygen atoms in total. The van der Waals surface area contributed by atoms with Gasteiger partial charge in [0.15, 0.2) is 5.82 Å². The third-order valence-electron chi connectivity index (χ3n) is 2.84. The number of rotatable bonds is 7. The Morgan fingerprint density at radius 3 is 2.81 bits per heavy atom. The highest BCUT2D eigenvalue weighted by Crippen LogP contribution is 2.27. The summed E-state index contributed by atoms with van der Waals surface area (Å²) in [6.45, 7) is 7.17. The van der Waals surface area contributed by atoms with Crippen molar-refractivity contribution in [1.29, 1.82) is 0 Å². The molecule has 3 N–H and O–H groups in total. The second-order valence-corrected chi connectivity index (χ2v) is 5.17. The Labute approximate surface area is 124 Å². The first-order chi connectivity index (χ1) is 10.1. The fourth-order valence-electron chi connectivity index (χ4n) is 1.91. The van der Waals surface area contributed by atoms with E-state index in [0.29, 0.717) is 36.5 Å². The van der Waals surface area contributed by atoms with Crippen LogP contribution in [0.4, 0.5) is 11.5 Å². The summed E-state index contributed by atoms with van der Waals surface area (Å²) in [6.07, 6.45) is 2.41. The van der Waals surface area contributed by atoms with Crippen LogP contribution in [0.15, 0.2) is 22.8 Å². The van der Waals surface area contributed by atoms with Crippen molar-refractivity contribution in [2.75, 3.05) is 17.7 Å². The molecular formula is C15H22N4O2. The smallest absolute Gasteiger partial charge is 0.242 e. The van der Waals surface area contributed by atoms with Crippen LogP contribution in [0.25, 0.3) is 0 Å². The highest BCUT2D eigenvalue weighted by Gasteiger charge is 2.14. The molecule has 2 aromatic heterocycles. The fourth-order valence-corrected chi connectivity index (χ4v) is 1.91. The highest BCUT2D eigenvalue weighted by molar-refractivity contribution is 5.66. The van der Waals surface area contributed by atoms with E-state index in [1.807, 2.05) is 19.1 Å². The van der Waals surface area contributed by atoms with Crippen molar-refractivity contribution in [1.82, 2.24) is 9.97 Å². The molecule has 0 aliphatic heterocycles. The number of nitrogens with zero attached hydrogens (tertiary/aromatic N) is 2. The molecule has 21 heavy (non-hydrogen) atoms. The molecule has 0 unspecified atom stereocenters. The topological polar surface area (TPSA) is 86.2 Å². The summed E-state index contributed by atoms with van der Waals surface area (Å²) in [6, 6.07) is 3.74. The summed E-state index contributed by atoms with van der Waals surface area (Å²) in [7, 11) is 0. The van der Waals surface area contributed by atoms with Gasteiger partial charge >= 0.3 is 0 Å². The van der Waals surface area contributed by atoms with Crippen LogP contribution in [0.1, 0.15) is 32.4 Å². The summed E-state index contributed by atoms with van der Waals surface area (Å²) >= 11 is 0. The van der Waals surface area contributed by atoms with Crippen molar-refractivity contribution in [2.24, 2.45) is 5.92 Å². The quantitative estimate of drug-likeness (QED) is 0.815. The molecule has 0 aliphatic carbocycles. The first-order valence-electron chi connectivity index (χ1n) is 7.15. The molecule has 0 aliphatic rings. The van der Waals surface area contributed by atoms with Crippen molar-refractivity contribution in [3.8, 4) is 5.88 Å². The Bertz CT molecular complexity index is 567. The molecule has 2 heterocycles. The molecule has 0 bridgehead atoms. The third kappa shape index (κ3) is 4.11. The lowest BCUT2D eigenvalue weighted by Gasteiger charge is -2.14. The summed E-state index contributed by atoms with van der Waals surface area (Å²) in [5.41, 5.74) is 6.49. The lowest BCUT2D eigenvalue weighted by atomic mass is 10.1. The number of aromatic nitrogens is 2. The first kappa shape index (κ1) is 15.2. The zero-order chi connectivity index (χ0) is 15.2. The lowest BCUT2D eigenvalue weighted by Crippen LogP contribution is -2.11. The van der Waals surface area contributed by atoms with Crippen LogP contribution in [0, 0.1) is 5.92 Å². The molecule has 0 aromatic carbocycles. The van der Waals surface area contributed by atoms with Gasteiger partial charge in [-0.25, -0.2) is 4.98 Å². The molecule has 0 saturated heterocycles. The van der Waals surface area contributed by atoms with Crippen LogP contribution in [-0.4, -0.2) is 16.6 Å². The maximum absolute atomic E-state index is 6.07. The van der Waals surface area contributed by atoms with Gasteiger partial charge in [0.25, 0.3) is 0 Å². The van der Waals surface area contributed by atoms with E-state index in [1.54, 1.807) is 6.26 Å². The van der Waals surface area contributed by atoms with E-state index < -0.39 is 0 Å². The SMILES string of the molecule is CCOc1nc(CC(C)C)nc(NCc2ccco2)c1N. The van der Waals surface area contributed by atoms with Gasteiger partial charge in [-0.2, -0.15) is 4.98 Å². The van der Waals surface area contributed by atoms with Gasteiger partial charge in [0.1, 0.15) is 17.3 Å². The largest absolute Gasteiger partial charge is 0.476 e. The number of hydrogen-bond donors (Lipinski definition) is 2. The molecule has 6 heteroatoms. The Morgan fingerprint density at radius 1 is 1.38 bits per heavy atom. The van der Waals surface area contributed by atoms with Gasteiger partial charge in [0.05, 0.1) is 19.4 Å². The number of furan rings is 1. The predicted molar refractivity (Wildman–Crippen MR) is 82.2 cm³/mol. The summed E-state index contributed by atoms with van der Waals surface area (Å²) in [5, 5.41) is 3.18. The molecular weight excluding hydrogens is 268 g/mol. The van der Waals surface area contributed by atoms with Crippen LogP contribution in [-0.2, 0) is 13.0 Å². The highest BCUT2D eigenvalue weighted by atomic mass is 16.5. The van der Waals surface area contributed by atoms with E-state index in [4.69, 9.17) is 14.9 Å². The summed E-state index contributed by atoms with van der Waals surface area (Å²) in [4.78, 5) is 8.87. The van der Waals surface area contributed by atoms with Crippen molar-refractivity contribution >= 4 is 11.5 Å².